The molecule has 0 N–H and O–H groups in total. The fourth-order valence-corrected chi connectivity index (χ4v) is 1.61. The van der Waals surface area contributed by atoms with Crippen LogP contribution in [-0.2, 0) is 6.18 Å². The molecule has 1 aromatic carbocycles. The topological polar surface area (TPSA) is 61.0 Å². The maximum atomic E-state index is 12.8. The zero-order valence-corrected chi connectivity index (χ0v) is 9.68. The van der Waals surface area contributed by atoms with Crippen LogP contribution in [0.15, 0.2) is 30.5 Å². The average Bonchev–Trinajstić information content (AvgIpc) is 2.74. The number of halogens is 3. The van der Waals surface area contributed by atoms with E-state index in [1.54, 1.807) is 13.0 Å². The first-order chi connectivity index (χ1) is 8.79. The van der Waals surface area contributed by atoms with E-state index in [-0.39, 0.29) is 5.69 Å². The van der Waals surface area contributed by atoms with Crippen LogP contribution in [0.4, 0.5) is 18.9 Å². The molecule has 0 atom stereocenters. The van der Waals surface area contributed by atoms with Crippen molar-refractivity contribution in [1.82, 2.24) is 9.78 Å². The van der Waals surface area contributed by atoms with E-state index in [9.17, 15) is 23.3 Å². The van der Waals surface area contributed by atoms with Crippen LogP contribution in [0, 0.1) is 17.0 Å². The standard InChI is InChI=1S/C11H8F3N3O2/c1-7-4-5-16(15-7)8-2-3-10(17(18)19)9(6-8)11(12,13)14/h2-6H,1H3. The van der Waals surface area contributed by atoms with Gasteiger partial charge in [-0.3, -0.25) is 10.1 Å². The van der Waals surface area contributed by atoms with Gasteiger partial charge in [-0.2, -0.15) is 18.3 Å². The van der Waals surface area contributed by atoms with Crippen molar-refractivity contribution in [3.8, 4) is 5.69 Å². The first-order valence-electron chi connectivity index (χ1n) is 5.17. The fourth-order valence-electron chi connectivity index (χ4n) is 1.61. The van der Waals surface area contributed by atoms with Crippen LogP contribution in [-0.4, -0.2) is 14.7 Å². The van der Waals surface area contributed by atoms with Gasteiger partial charge in [0.25, 0.3) is 5.69 Å². The first-order valence-corrected chi connectivity index (χ1v) is 5.17. The molecule has 0 amide bonds. The number of nitrogens with zero attached hydrogens (tertiary/aromatic N) is 3. The third kappa shape index (κ3) is 2.56. The number of hydrogen-bond donors (Lipinski definition) is 0. The lowest BCUT2D eigenvalue weighted by atomic mass is 10.1. The van der Waals surface area contributed by atoms with Gasteiger partial charge in [0.05, 0.1) is 16.3 Å². The molecule has 0 bridgehead atoms. The molecule has 0 saturated carbocycles. The lowest BCUT2D eigenvalue weighted by molar-refractivity contribution is -0.388. The highest BCUT2D eigenvalue weighted by atomic mass is 19.4. The second-order valence-electron chi connectivity index (χ2n) is 3.86. The Kier molecular flexibility index (Phi) is 3.01. The Morgan fingerprint density at radius 2 is 2.00 bits per heavy atom. The zero-order valence-electron chi connectivity index (χ0n) is 9.68. The molecule has 1 heterocycles. The van der Waals surface area contributed by atoms with E-state index < -0.39 is 22.4 Å². The van der Waals surface area contributed by atoms with Crippen molar-refractivity contribution in [2.75, 3.05) is 0 Å². The minimum atomic E-state index is -4.79. The quantitative estimate of drug-likeness (QED) is 0.622. The fraction of sp³-hybridized carbons (Fsp3) is 0.182. The lowest BCUT2D eigenvalue weighted by Crippen LogP contribution is -2.10. The van der Waals surface area contributed by atoms with Crippen LogP contribution in [0.3, 0.4) is 0 Å². The van der Waals surface area contributed by atoms with Gasteiger partial charge in [0.2, 0.25) is 0 Å². The highest BCUT2D eigenvalue weighted by Gasteiger charge is 2.38. The second kappa shape index (κ2) is 4.38. The zero-order chi connectivity index (χ0) is 14.2. The normalized spacial score (nSPS) is 11.6. The number of nitro benzene ring substituents is 1. The average molecular weight is 271 g/mol. The molecule has 0 unspecified atom stereocenters. The number of aryl methyl sites for hydroxylation is 1. The van der Waals surface area contributed by atoms with Gasteiger partial charge in [-0.15, -0.1) is 0 Å². The molecule has 0 aliphatic rings. The third-order valence-corrected chi connectivity index (χ3v) is 2.47. The predicted octanol–water partition coefficient (Wildman–Crippen LogP) is 3.11. The maximum absolute atomic E-state index is 12.8. The monoisotopic (exact) mass is 271 g/mol. The summed E-state index contributed by atoms with van der Waals surface area (Å²) < 4.78 is 39.6. The highest BCUT2D eigenvalue weighted by Crippen LogP contribution is 2.37. The molecular formula is C11H8F3N3O2. The van der Waals surface area contributed by atoms with Crippen molar-refractivity contribution in [2.45, 2.75) is 13.1 Å². The summed E-state index contributed by atoms with van der Waals surface area (Å²) in [5, 5.41) is 14.6. The maximum Gasteiger partial charge on any atom is 0.423 e. The smallest absolute Gasteiger partial charge is 0.258 e. The minimum absolute atomic E-state index is 0.117. The lowest BCUT2D eigenvalue weighted by Gasteiger charge is -2.09. The van der Waals surface area contributed by atoms with Gasteiger partial charge in [-0.25, -0.2) is 4.68 Å². The van der Waals surface area contributed by atoms with Gasteiger partial charge < -0.3 is 0 Å². The van der Waals surface area contributed by atoms with Crippen molar-refractivity contribution < 1.29 is 18.1 Å². The Morgan fingerprint density at radius 1 is 1.32 bits per heavy atom. The Labute approximate surface area is 105 Å². The van der Waals surface area contributed by atoms with Gasteiger partial charge in [-0.05, 0) is 25.1 Å². The van der Waals surface area contributed by atoms with Gasteiger partial charge in [0.15, 0.2) is 0 Å². The van der Waals surface area contributed by atoms with Crippen LogP contribution in [0.5, 0.6) is 0 Å². The van der Waals surface area contributed by atoms with Crippen LogP contribution in [0.2, 0.25) is 0 Å². The summed E-state index contributed by atoms with van der Waals surface area (Å²) in [6.07, 6.45) is -3.31. The second-order valence-corrected chi connectivity index (χ2v) is 3.86. The highest BCUT2D eigenvalue weighted by molar-refractivity contribution is 5.49. The van der Waals surface area contributed by atoms with Gasteiger partial charge in [-0.1, -0.05) is 0 Å². The Bertz CT molecular complexity index is 634. The molecule has 8 heteroatoms. The van der Waals surface area contributed by atoms with E-state index in [0.717, 1.165) is 6.07 Å². The molecule has 0 aliphatic carbocycles. The van der Waals surface area contributed by atoms with E-state index in [2.05, 4.69) is 5.10 Å². The van der Waals surface area contributed by atoms with Crippen LogP contribution in [0.1, 0.15) is 11.3 Å². The number of rotatable bonds is 2. The summed E-state index contributed by atoms with van der Waals surface area (Å²) in [7, 11) is 0. The Morgan fingerprint density at radius 3 is 2.47 bits per heavy atom. The first kappa shape index (κ1) is 13.1. The molecular weight excluding hydrogens is 263 g/mol. The Balaban J connectivity index is 2.59. The van der Waals surface area contributed by atoms with E-state index >= 15 is 0 Å². The van der Waals surface area contributed by atoms with Gasteiger partial charge in [0, 0.05) is 12.3 Å². The molecule has 0 saturated heterocycles. The van der Waals surface area contributed by atoms with Gasteiger partial charge >= 0.3 is 6.18 Å². The number of alkyl halides is 3. The molecule has 0 spiro atoms. The van der Waals surface area contributed by atoms with E-state index in [0.29, 0.717) is 11.8 Å². The molecule has 1 aromatic heterocycles. The summed E-state index contributed by atoms with van der Waals surface area (Å²) in [6, 6.07) is 4.38. The summed E-state index contributed by atoms with van der Waals surface area (Å²) in [5.74, 6) is 0. The van der Waals surface area contributed by atoms with Crippen LogP contribution in [0.25, 0.3) is 5.69 Å². The molecule has 2 aromatic rings. The minimum Gasteiger partial charge on any atom is -0.258 e. The van der Waals surface area contributed by atoms with E-state index in [1.807, 2.05) is 0 Å². The number of aromatic nitrogens is 2. The molecule has 0 radical (unpaired) electrons. The van der Waals surface area contributed by atoms with Crippen molar-refractivity contribution in [1.29, 1.82) is 0 Å². The molecule has 19 heavy (non-hydrogen) atoms. The molecule has 0 fully saturated rings. The van der Waals surface area contributed by atoms with E-state index in [4.69, 9.17) is 0 Å². The molecule has 100 valence electrons. The van der Waals surface area contributed by atoms with E-state index in [1.165, 1.54) is 16.9 Å². The SMILES string of the molecule is Cc1ccn(-c2ccc([N+](=O)[O-])c(C(F)(F)F)c2)n1. The molecule has 0 aliphatic heterocycles. The largest absolute Gasteiger partial charge is 0.423 e. The number of hydrogen-bond acceptors (Lipinski definition) is 3. The number of benzene rings is 1. The summed E-state index contributed by atoms with van der Waals surface area (Å²) >= 11 is 0. The Hall–Kier alpha value is -2.38. The predicted molar refractivity (Wildman–Crippen MR) is 60.0 cm³/mol. The summed E-state index contributed by atoms with van der Waals surface area (Å²) in [4.78, 5) is 9.55. The third-order valence-electron chi connectivity index (χ3n) is 2.47. The number of nitro groups is 1. The van der Waals surface area contributed by atoms with Crippen molar-refractivity contribution in [2.24, 2.45) is 0 Å². The van der Waals surface area contributed by atoms with Crippen LogP contribution >= 0.6 is 0 Å². The van der Waals surface area contributed by atoms with Crippen molar-refractivity contribution in [3.63, 3.8) is 0 Å². The van der Waals surface area contributed by atoms with Crippen molar-refractivity contribution >= 4 is 5.69 Å². The molecule has 2 rings (SSSR count). The summed E-state index contributed by atoms with van der Waals surface area (Å²) in [5.41, 5.74) is -1.51. The van der Waals surface area contributed by atoms with Crippen LogP contribution < -0.4 is 0 Å². The summed E-state index contributed by atoms with van der Waals surface area (Å²) in [6.45, 7) is 1.69. The van der Waals surface area contributed by atoms with Crippen molar-refractivity contribution in [3.05, 3.63) is 51.8 Å². The van der Waals surface area contributed by atoms with Gasteiger partial charge in [0.1, 0.15) is 5.56 Å². The molecule has 5 nitrogen and oxygen atoms in total.